The molecule has 2 bridgehead atoms. The van der Waals surface area contributed by atoms with Crippen LogP contribution in [0.4, 0.5) is 0 Å². The van der Waals surface area contributed by atoms with E-state index in [4.69, 9.17) is 9.47 Å². The molecule has 2 aliphatic carbocycles. The van der Waals surface area contributed by atoms with Gasteiger partial charge in [0.15, 0.2) is 0 Å². The molecule has 0 aromatic carbocycles. The van der Waals surface area contributed by atoms with E-state index in [1.54, 1.807) is 0 Å². The summed E-state index contributed by atoms with van der Waals surface area (Å²) in [6.07, 6.45) is 6.89. The molecule has 2 saturated carbocycles. The van der Waals surface area contributed by atoms with Crippen molar-refractivity contribution in [2.45, 2.75) is 82.7 Å². The number of hydrogen-bond donors (Lipinski definition) is 0. The molecule has 2 nitrogen and oxygen atoms in total. The second-order valence-corrected chi connectivity index (χ2v) is 7.79. The Morgan fingerprint density at radius 3 is 2.47 bits per heavy atom. The molecule has 4 fully saturated rings. The monoisotopic (exact) mass is 236 g/mol. The molecule has 2 heteroatoms. The van der Waals surface area contributed by atoms with Gasteiger partial charge < -0.3 is 9.47 Å². The van der Waals surface area contributed by atoms with Crippen LogP contribution in [0.3, 0.4) is 0 Å². The van der Waals surface area contributed by atoms with Crippen LogP contribution in [0.25, 0.3) is 0 Å². The van der Waals surface area contributed by atoms with Gasteiger partial charge in [0.1, 0.15) is 11.2 Å². The summed E-state index contributed by atoms with van der Waals surface area (Å²) >= 11 is 0. The molecule has 96 valence electrons. The minimum absolute atomic E-state index is 0.00926. The van der Waals surface area contributed by atoms with Crippen molar-refractivity contribution in [3.8, 4) is 0 Å². The van der Waals surface area contributed by atoms with E-state index in [9.17, 15) is 0 Å². The summed E-state index contributed by atoms with van der Waals surface area (Å²) in [5.74, 6) is 0.732. The van der Waals surface area contributed by atoms with Gasteiger partial charge >= 0.3 is 0 Å². The third-order valence-corrected chi connectivity index (χ3v) is 6.68. The summed E-state index contributed by atoms with van der Waals surface area (Å²) < 4.78 is 12.8. The molecular formula is C15H24O2. The van der Waals surface area contributed by atoms with Crippen LogP contribution in [0.2, 0.25) is 0 Å². The largest absolute Gasteiger partial charge is 0.365 e. The second-order valence-electron chi connectivity index (χ2n) is 7.79. The predicted molar refractivity (Wildman–Crippen MR) is 65.9 cm³/mol. The van der Waals surface area contributed by atoms with E-state index >= 15 is 0 Å². The molecule has 5 atom stereocenters. The van der Waals surface area contributed by atoms with Gasteiger partial charge in [-0.25, -0.2) is 0 Å². The van der Waals surface area contributed by atoms with Crippen LogP contribution in [0, 0.1) is 11.3 Å². The molecule has 0 radical (unpaired) electrons. The first-order valence-corrected chi connectivity index (χ1v) is 7.21. The van der Waals surface area contributed by atoms with Gasteiger partial charge in [0.05, 0.1) is 11.7 Å². The zero-order chi connectivity index (χ0) is 12.1. The summed E-state index contributed by atoms with van der Waals surface area (Å²) in [5, 5.41) is 0. The minimum atomic E-state index is 0.00926. The molecule has 2 aliphatic heterocycles. The second kappa shape index (κ2) is 2.60. The summed E-state index contributed by atoms with van der Waals surface area (Å²) in [4.78, 5) is 0. The number of epoxide rings is 1. The minimum Gasteiger partial charge on any atom is -0.365 e. The Balaban J connectivity index is 1.86. The molecule has 0 N–H and O–H groups in total. The van der Waals surface area contributed by atoms with E-state index in [0.29, 0.717) is 11.5 Å². The summed E-state index contributed by atoms with van der Waals surface area (Å²) in [5.41, 5.74) is 0.426. The fourth-order valence-corrected chi connectivity index (χ4v) is 5.31. The standard InChI is InChI=1S/C15H24O2/c1-12(2)10-5-7-13(3)8-6-11-14(4,16-11)15(13,9-10)17-12/h10-11H,5-9H2,1-4H3/t10-,11-,13-,14-,15-/m1/s1. The van der Waals surface area contributed by atoms with E-state index in [-0.39, 0.29) is 16.8 Å². The van der Waals surface area contributed by atoms with Crippen molar-refractivity contribution in [3.05, 3.63) is 0 Å². The Hall–Kier alpha value is -0.0800. The highest BCUT2D eigenvalue weighted by Crippen LogP contribution is 2.72. The first-order chi connectivity index (χ1) is 7.83. The van der Waals surface area contributed by atoms with Crippen LogP contribution < -0.4 is 0 Å². The lowest BCUT2D eigenvalue weighted by molar-refractivity contribution is -0.189. The van der Waals surface area contributed by atoms with Gasteiger partial charge in [-0.15, -0.1) is 0 Å². The molecular weight excluding hydrogens is 212 g/mol. The fourth-order valence-electron chi connectivity index (χ4n) is 5.31. The molecule has 2 heterocycles. The fraction of sp³-hybridized carbons (Fsp3) is 1.00. The topological polar surface area (TPSA) is 21.8 Å². The Bertz CT molecular complexity index is 390. The van der Waals surface area contributed by atoms with Crippen molar-refractivity contribution in [1.82, 2.24) is 0 Å². The van der Waals surface area contributed by atoms with Crippen LogP contribution in [0.15, 0.2) is 0 Å². The molecule has 0 aromatic rings. The van der Waals surface area contributed by atoms with Gasteiger partial charge in [0.2, 0.25) is 0 Å². The number of fused-ring (bicyclic) bond motifs is 2. The molecule has 4 rings (SSSR count). The number of ether oxygens (including phenoxy) is 2. The van der Waals surface area contributed by atoms with Crippen LogP contribution in [-0.2, 0) is 9.47 Å². The van der Waals surface area contributed by atoms with Crippen LogP contribution >= 0.6 is 0 Å². The van der Waals surface area contributed by atoms with E-state index < -0.39 is 0 Å². The summed E-state index contributed by atoms with van der Waals surface area (Å²) in [6.45, 7) is 9.33. The molecule has 0 aromatic heterocycles. The van der Waals surface area contributed by atoms with Crippen molar-refractivity contribution in [1.29, 1.82) is 0 Å². The third-order valence-electron chi connectivity index (χ3n) is 6.68. The highest BCUT2D eigenvalue weighted by atomic mass is 16.7. The average molecular weight is 236 g/mol. The maximum Gasteiger partial charge on any atom is 0.121 e. The summed E-state index contributed by atoms with van der Waals surface area (Å²) in [6, 6.07) is 0. The van der Waals surface area contributed by atoms with E-state index in [1.807, 2.05) is 0 Å². The van der Waals surface area contributed by atoms with Crippen molar-refractivity contribution >= 4 is 0 Å². The first kappa shape index (κ1) is 10.8. The Labute approximate surface area is 104 Å². The van der Waals surface area contributed by atoms with Crippen LogP contribution in [0.5, 0.6) is 0 Å². The lowest BCUT2D eigenvalue weighted by atomic mass is 9.52. The third kappa shape index (κ3) is 0.986. The van der Waals surface area contributed by atoms with Crippen molar-refractivity contribution < 1.29 is 9.47 Å². The molecule has 2 saturated heterocycles. The van der Waals surface area contributed by atoms with E-state index in [0.717, 1.165) is 5.92 Å². The zero-order valence-corrected chi connectivity index (χ0v) is 11.5. The van der Waals surface area contributed by atoms with Gasteiger partial charge in [-0.1, -0.05) is 6.92 Å². The quantitative estimate of drug-likeness (QED) is 0.602. The smallest absolute Gasteiger partial charge is 0.121 e. The van der Waals surface area contributed by atoms with Gasteiger partial charge in [0.25, 0.3) is 0 Å². The Morgan fingerprint density at radius 2 is 1.71 bits per heavy atom. The molecule has 17 heavy (non-hydrogen) atoms. The molecule has 1 spiro atoms. The Morgan fingerprint density at radius 1 is 1.00 bits per heavy atom. The van der Waals surface area contributed by atoms with Crippen molar-refractivity contribution in [3.63, 3.8) is 0 Å². The number of rotatable bonds is 0. The number of hydrogen-bond acceptors (Lipinski definition) is 2. The van der Waals surface area contributed by atoms with Gasteiger partial charge in [-0.2, -0.15) is 0 Å². The van der Waals surface area contributed by atoms with E-state index in [2.05, 4.69) is 27.7 Å². The lowest BCUT2D eigenvalue weighted by Crippen LogP contribution is -2.60. The maximum absolute atomic E-state index is 6.70. The maximum atomic E-state index is 6.70. The average Bonchev–Trinajstić information content (AvgIpc) is 2.84. The lowest BCUT2D eigenvalue weighted by Gasteiger charge is -2.53. The normalized spacial score (nSPS) is 62.8. The van der Waals surface area contributed by atoms with Gasteiger partial charge in [-0.05, 0) is 64.2 Å². The van der Waals surface area contributed by atoms with Crippen LogP contribution in [-0.4, -0.2) is 22.9 Å². The van der Waals surface area contributed by atoms with Crippen molar-refractivity contribution in [2.75, 3.05) is 0 Å². The molecule has 4 aliphatic rings. The SMILES string of the molecule is CC1(C)O[C@]23C[C@H]1CC[C@]2(C)CC[C@H]1O[C@]13C. The van der Waals surface area contributed by atoms with Crippen molar-refractivity contribution in [2.24, 2.45) is 11.3 Å². The predicted octanol–water partition coefficient (Wildman–Crippen LogP) is 3.29. The van der Waals surface area contributed by atoms with E-state index in [1.165, 1.54) is 32.1 Å². The first-order valence-electron chi connectivity index (χ1n) is 7.21. The van der Waals surface area contributed by atoms with Gasteiger partial charge in [0, 0.05) is 0 Å². The zero-order valence-electron chi connectivity index (χ0n) is 11.5. The van der Waals surface area contributed by atoms with Crippen LogP contribution in [0.1, 0.15) is 59.8 Å². The van der Waals surface area contributed by atoms with Gasteiger partial charge in [-0.3, -0.25) is 0 Å². The summed E-state index contributed by atoms with van der Waals surface area (Å²) in [7, 11) is 0. The molecule has 0 unspecified atom stereocenters. The molecule has 0 amide bonds. The Kier molecular flexibility index (Phi) is 1.65. The highest BCUT2D eigenvalue weighted by Gasteiger charge is 2.79. The highest BCUT2D eigenvalue weighted by molar-refractivity contribution is 5.28.